The van der Waals surface area contributed by atoms with Crippen molar-refractivity contribution in [3.63, 3.8) is 0 Å². The molecule has 0 radical (unpaired) electrons. The van der Waals surface area contributed by atoms with Crippen molar-refractivity contribution in [3.8, 4) is 0 Å². The fourth-order valence-electron chi connectivity index (χ4n) is 3.68. The van der Waals surface area contributed by atoms with Crippen LogP contribution in [0.15, 0.2) is 23.9 Å². The van der Waals surface area contributed by atoms with E-state index in [1.54, 1.807) is 12.2 Å². The van der Waals surface area contributed by atoms with Crippen molar-refractivity contribution >= 4 is 11.8 Å². The lowest BCUT2D eigenvalue weighted by atomic mass is 9.86. The number of carbonyl (C=O) groups is 2. The highest BCUT2D eigenvalue weighted by Gasteiger charge is 2.42. The Hall–Kier alpha value is -2.75. The van der Waals surface area contributed by atoms with E-state index in [2.05, 4.69) is 26.0 Å². The Bertz CT molecular complexity index is 831. The van der Waals surface area contributed by atoms with Crippen LogP contribution in [0, 0.1) is 5.92 Å². The Labute approximate surface area is 169 Å². The number of nitrogens with two attached hydrogens (primary N) is 1. The maximum atomic E-state index is 12.1. The second-order valence-electron chi connectivity index (χ2n) is 8.42. The van der Waals surface area contributed by atoms with Crippen LogP contribution in [0.25, 0.3) is 0 Å². The van der Waals surface area contributed by atoms with E-state index in [-0.39, 0.29) is 17.8 Å². The predicted octanol–water partition coefficient (Wildman–Crippen LogP) is -0.137. The van der Waals surface area contributed by atoms with Crippen LogP contribution in [0.4, 0.5) is 0 Å². The first-order chi connectivity index (χ1) is 13.6. The molecule has 2 amide bonds. The molecule has 158 valence electrons. The van der Waals surface area contributed by atoms with Crippen molar-refractivity contribution in [2.45, 2.75) is 70.2 Å². The van der Waals surface area contributed by atoms with Crippen molar-refractivity contribution in [3.05, 3.63) is 29.7 Å². The van der Waals surface area contributed by atoms with Gasteiger partial charge in [0.05, 0.1) is 6.54 Å². The van der Waals surface area contributed by atoms with Gasteiger partial charge in [0, 0.05) is 11.7 Å². The topological polar surface area (TPSA) is 148 Å². The lowest BCUT2D eigenvalue weighted by Crippen LogP contribution is -2.52. The van der Waals surface area contributed by atoms with Gasteiger partial charge in [-0.25, -0.2) is 0 Å². The molecule has 10 heteroatoms. The number of carbonyl (C=O) groups excluding carboxylic acids is 2. The number of amides is 2. The molecular formula is C19H29N7O3. The molecule has 2 aliphatic rings. The maximum Gasteiger partial charge on any atom is 0.255 e. The van der Waals surface area contributed by atoms with Gasteiger partial charge in [-0.2, -0.15) is 4.80 Å². The summed E-state index contributed by atoms with van der Waals surface area (Å²) in [6.07, 6.45) is 8.67. The average Bonchev–Trinajstić information content (AvgIpc) is 3.11. The van der Waals surface area contributed by atoms with Gasteiger partial charge in [0.15, 0.2) is 5.54 Å². The molecule has 5 N–H and O–H groups in total. The van der Waals surface area contributed by atoms with Gasteiger partial charge >= 0.3 is 0 Å². The van der Waals surface area contributed by atoms with Crippen LogP contribution >= 0.6 is 0 Å². The van der Waals surface area contributed by atoms with Crippen LogP contribution in [0.1, 0.15) is 52.3 Å². The molecule has 0 spiro atoms. The van der Waals surface area contributed by atoms with E-state index in [1.807, 2.05) is 13.0 Å². The Morgan fingerprint density at radius 2 is 2.07 bits per heavy atom. The zero-order valence-corrected chi connectivity index (χ0v) is 17.1. The first-order valence-corrected chi connectivity index (χ1v) is 9.86. The van der Waals surface area contributed by atoms with E-state index in [0.29, 0.717) is 12.5 Å². The number of tetrazole rings is 1. The van der Waals surface area contributed by atoms with Crippen LogP contribution in [0.3, 0.4) is 0 Å². The number of hydrogen-bond donors (Lipinski definition) is 4. The molecule has 1 fully saturated rings. The molecule has 3 rings (SSSR count). The quantitative estimate of drug-likeness (QED) is 0.517. The van der Waals surface area contributed by atoms with E-state index in [9.17, 15) is 14.7 Å². The smallest absolute Gasteiger partial charge is 0.255 e. The highest BCUT2D eigenvalue weighted by Crippen LogP contribution is 2.27. The summed E-state index contributed by atoms with van der Waals surface area (Å²) < 4.78 is 0. The number of allylic oxidation sites excluding steroid dienone is 3. The molecule has 0 aromatic carbocycles. The third-order valence-electron chi connectivity index (χ3n) is 5.44. The number of aliphatic hydroxyl groups is 1. The van der Waals surface area contributed by atoms with Crippen LogP contribution < -0.4 is 16.4 Å². The number of aromatic nitrogens is 4. The van der Waals surface area contributed by atoms with Crippen molar-refractivity contribution < 1.29 is 14.7 Å². The van der Waals surface area contributed by atoms with Gasteiger partial charge in [-0.05, 0) is 69.7 Å². The largest absolute Gasteiger partial charge is 0.381 e. The molecule has 1 aliphatic carbocycles. The Morgan fingerprint density at radius 3 is 2.66 bits per heavy atom. The summed E-state index contributed by atoms with van der Waals surface area (Å²) in [5.41, 5.74) is 3.75. The van der Waals surface area contributed by atoms with Gasteiger partial charge in [-0.3, -0.25) is 9.59 Å². The zero-order chi connectivity index (χ0) is 21.2. The van der Waals surface area contributed by atoms with Crippen molar-refractivity contribution in [1.82, 2.24) is 30.8 Å². The highest BCUT2D eigenvalue weighted by molar-refractivity contribution is 5.88. The number of nitrogens with zero attached hydrogens (tertiary/aromatic N) is 4. The minimum atomic E-state index is -1.37. The molecule has 2 heterocycles. The maximum absolute atomic E-state index is 12.1. The first-order valence-electron chi connectivity index (χ1n) is 9.86. The van der Waals surface area contributed by atoms with Crippen LogP contribution in [-0.4, -0.2) is 48.8 Å². The van der Waals surface area contributed by atoms with Crippen LogP contribution in [-0.2, 0) is 21.7 Å². The fraction of sp³-hybridized carbons (Fsp3) is 0.632. The summed E-state index contributed by atoms with van der Waals surface area (Å²) in [7, 11) is 0. The molecule has 1 atom stereocenters. The van der Waals surface area contributed by atoms with Gasteiger partial charge < -0.3 is 21.5 Å². The summed E-state index contributed by atoms with van der Waals surface area (Å²) in [4.78, 5) is 25.6. The summed E-state index contributed by atoms with van der Waals surface area (Å²) in [5, 5.41) is 28.3. The van der Waals surface area contributed by atoms with E-state index < -0.39 is 17.0 Å². The van der Waals surface area contributed by atoms with Gasteiger partial charge in [0.2, 0.25) is 5.82 Å². The predicted molar refractivity (Wildman–Crippen MR) is 105 cm³/mol. The number of primary amides is 1. The monoisotopic (exact) mass is 403 g/mol. The lowest BCUT2D eigenvalue weighted by Gasteiger charge is -2.30. The summed E-state index contributed by atoms with van der Waals surface area (Å²) >= 11 is 0. The lowest BCUT2D eigenvalue weighted by molar-refractivity contribution is -0.137. The van der Waals surface area contributed by atoms with Crippen LogP contribution in [0.2, 0.25) is 0 Å². The number of hydrogen-bond acceptors (Lipinski definition) is 7. The fourth-order valence-corrected chi connectivity index (χ4v) is 3.68. The molecule has 0 saturated heterocycles. The number of rotatable bonds is 6. The van der Waals surface area contributed by atoms with E-state index in [0.717, 1.165) is 31.4 Å². The zero-order valence-electron chi connectivity index (χ0n) is 17.1. The Balaban J connectivity index is 1.59. The molecule has 0 bridgehead atoms. The van der Waals surface area contributed by atoms with Crippen LogP contribution in [0.5, 0.6) is 0 Å². The van der Waals surface area contributed by atoms with Gasteiger partial charge in [-0.1, -0.05) is 6.08 Å². The second-order valence-corrected chi connectivity index (χ2v) is 8.42. The van der Waals surface area contributed by atoms with E-state index in [1.165, 1.54) is 18.6 Å². The molecule has 1 aromatic heterocycles. The first kappa shape index (κ1) is 21.0. The van der Waals surface area contributed by atoms with Crippen molar-refractivity contribution in [1.29, 1.82) is 0 Å². The highest BCUT2D eigenvalue weighted by atomic mass is 16.3. The van der Waals surface area contributed by atoms with E-state index >= 15 is 0 Å². The minimum absolute atomic E-state index is 0.0638. The molecular weight excluding hydrogens is 374 g/mol. The second kappa shape index (κ2) is 7.94. The third kappa shape index (κ3) is 4.64. The number of dihydropyridines is 1. The molecule has 1 saturated carbocycles. The molecule has 1 aromatic rings. The minimum Gasteiger partial charge on any atom is -0.381 e. The third-order valence-corrected chi connectivity index (χ3v) is 5.44. The Kier molecular flexibility index (Phi) is 5.74. The van der Waals surface area contributed by atoms with Crippen molar-refractivity contribution in [2.75, 3.05) is 0 Å². The normalized spacial score (nSPS) is 27.1. The van der Waals surface area contributed by atoms with E-state index in [4.69, 9.17) is 5.73 Å². The Morgan fingerprint density at radius 1 is 1.38 bits per heavy atom. The van der Waals surface area contributed by atoms with Gasteiger partial charge in [0.25, 0.3) is 11.8 Å². The summed E-state index contributed by atoms with van der Waals surface area (Å²) in [6, 6.07) is 0.0638. The SMILES string of the molecule is CC1=CC=CC(C(N)=O)(c2nnn(CC3CCC(NC(=O)C(C)(C)O)CC3)n2)N1. The van der Waals surface area contributed by atoms with Gasteiger partial charge in [0.1, 0.15) is 5.60 Å². The van der Waals surface area contributed by atoms with Gasteiger partial charge in [-0.15, -0.1) is 10.2 Å². The average molecular weight is 403 g/mol. The number of nitrogens with one attached hydrogen (secondary N) is 2. The summed E-state index contributed by atoms with van der Waals surface area (Å²) in [6.45, 7) is 5.37. The standard InChI is InChI=1S/C19H29N7O3/c1-12-5-4-10-19(22-12,15(20)27)16-23-25-26(24-16)11-13-6-8-14(9-7-13)21-17(28)18(2,3)29/h4-5,10,13-14,22,29H,6-9,11H2,1-3H3,(H2,20,27)(H,21,28). The van der Waals surface area contributed by atoms with Crippen molar-refractivity contribution in [2.24, 2.45) is 11.7 Å². The molecule has 1 aliphatic heterocycles. The molecule has 1 unspecified atom stereocenters. The molecule has 29 heavy (non-hydrogen) atoms. The molecule has 10 nitrogen and oxygen atoms in total. The summed E-state index contributed by atoms with van der Waals surface area (Å²) in [5.74, 6) is -0.380.